The molecule has 0 aliphatic carbocycles. The number of rotatable bonds is 4. The van der Waals surface area contributed by atoms with Crippen molar-refractivity contribution in [2.75, 3.05) is 11.9 Å². The summed E-state index contributed by atoms with van der Waals surface area (Å²) in [4.78, 5) is 0. The number of nitrogens with one attached hydrogen (secondary N) is 1. The minimum absolute atomic E-state index is 0.268. The Hall–Kier alpha value is -1.23. The van der Waals surface area contributed by atoms with E-state index in [1.165, 1.54) is 12.1 Å². The monoisotopic (exact) mass is 260 g/mol. The number of benzene rings is 1. The third-order valence-corrected chi connectivity index (χ3v) is 3.34. The van der Waals surface area contributed by atoms with E-state index in [1.807, 2.05) is 20.8 Å². The third-order valence-electron chi connectivity index (χ3n) is 3.34. The first-order valence-corrected chi connectivity index (χ1v) is 5.84. The zero-order chi connectivity index (χ0) is 14.0. The molecule has 0 heterocycles. The van der Waals surface area contributed by atoms with E-state index in [4.69, 9.17) is 5.73 Å². The van der Waals surface area contributed by atoms with Crippen molar-refractivity contribution in [1.82, 2.24) is 0 Å². The number of nitrogens with two attached hydrogens (primary N) is 1. The summed E-state index contributed by atoms with van der Waals surface area (Å²) in [5, 5.41) is 3.19. The zero-order valence-electron chi connectivity index (χ0n) is 10.8. The Morgan fingerprint density at radius 1 is 1.17 bits per heavy atom. The van der Waals surface area contributed by atoms with Crippen LogP contribution in [0.1, 0.15) is 26.3 Å². The summed E-state index contributed by atoms with van der Waals surface area (Å²) in [5.41, 5.74) is 5.38. The Kier molecular flexibility index (Phi) is 4.27. The first-order chi connectivity index (χ1) is 8.19. The molecule has 18 heavy (non-hydrogen) atoms. The SMILES string of the molecule is CC(C)C(C)(CN)Nc1ccc(C(F)(F)F)cc1. The molecule has 1 unspecified atom stereocenters. The van der Waals surface area contributed by atoms with E-state index in [9.17, 15) is 13.2 Å². The lowest BCUT2D eigenvalue weighted by Gasteiger charge is -2.34. The molecule has 0 aromatic heterocycles. The van der Waals surface area contributed by atoms with Gasteiger partial charge in [-0.25, -0.2) is 0 Å². The van der Waals surface area contributed by atoms with E-state index in [0.29, 0.717) is 12.2 Å². The van der Waals surface area contributed by atoms with Gasteiger partial charge in [0.1, 0.15) is 0 Å². The largest absolute Gasteiger partial charge is 0.416 e. The molecule has 0 spiro atoms. The maximum atomic E-state index is 12.4. The molecule has 0 radical (unpaired) electrons. The lowest BCUT2D eigenvalue weighted by Crippen LogP contribution is -2.47. The molecule has 1 aromatic carbocycles. The summed E-state index contributed by atoms with van der Waals surface area (Å²) >= 11 is 0. The number of hydrogen-bond donors (Lipinski definition) is 2. The van der Waals surface area contributed by atoms with Crippen molar-refractivity contribution in [3.05, 3.63) is 29.8 Å². The third kappa shape index (κ3) is 3.38. The molecule has 0 fully saturated rings. The smallest absolute Gasteiger partial charge is 0.378 e. The zero-order valence-corrected chi connectivity index (χ0v) is 10.8. The van der Waals surface area contributed by atoms with Crippen LogP contribution < -0.4 is 11.1 Å². The maximum Gasteiger partial charge on any atom is 0.416 e. The lowest BCUT2D eigenvalue weighted by atomic mass is 9.88. The van der Waals surface area contributed by atoms with Crippen molar-refractivity contribution in [2.45, 2.75) is 32.5 Å². The highest BCUT2D eigenvalue weighted by atomic mass is 19.4. The molecule has 1 atom stereocenters. The number of hydrogen-bond acceptors (Lipinski definition) is 2. The molecule has 2 nitrogen and oxygen atoms in total. The van der Waals surface area contributed by atoms with Gasteiger partial charge in [0.25, 0.3) is 0 Å². The Bertz CT molecular complexity index is 384. The van der Waals surface area contributed by atoms with Crippen molar-refractivity contribution >= 4 is 5.69 Å². The van der Waals surface area contributed by atoms with E-state index in [2.05, 4.69) is 5.32 Å². The summed E-state index contributed by atoms with van der Waals surface area (Å²) in [6.07, 6.45) is -4.30. The molecule has 102 valence electrons. The Labute approximate surface area is 105 Å². The average Bonchev–Trinajstić information content (AvgIpc) is 2.28. The van der Waals surface area contributed by atoms with Gasteiger partial charge in [-0.3, -0.25) is 0 Å². The van der Waals surface area contributed by atoms with Crippen LogP contribution in [-0.2, 0) is 6.18 Å². The molecular formula is C13H19F3N2. The standard InChI is InChI=1S/C13H19F3N2/c1-9(2)12(3,8-17)18-11-6-4-10(5-7-11)13(14,15)16/h4-7,9,18H,8,17H2,1-3H3. The van der Waals surface area contributed by atoms with Crippen molar-refractivity contribution in [3.8, 4) is 0 Å². The Morgan fingerprint density at radius 2 is 1.67 bits per heavy atom. The molecule has 1 rings (SSSR count). The quantitative estimate of drug-likeness (QED) is 0.869. The van der Waals surface area contributed by atoms with Gasteiger partial charge in [0.2, 0.25) is 0 Å². The van der Waals surface area contributed by atoms with E-state index in [0.717, 1.165) is 12.1 Å². The van der Waals surface area contributed by atoms with Gasteiger partial charge in [-0.15, -0.1) is 0 Å². The summed E-state index contributed by atoms with van der Waals surface area (Å²) in [7, 11) is 0. The van der Waals surface area contributed by atoms with Crippen molar-refractivity contribution in [1.29, 1.82) is 0 Å². The number of alkyl halides is 3. The molecule has 0 aliphatic heterocycles. The van der Waals surface area contributed by atoms with Crippen molar-refractivity contribution in [2.24, 2.45) is 11.7 Å². The minimum Gasteiger partial charge on any atom is -0.378 e. The average molecular weight is 260 g/mol. The highest BCUT2D eigenvalue weighted by molar-refractivity contribution is 5.47. The molecule has 0 amide bonds. The summed E-state index contributed by atoms with van der Waals surface area (Å²) in [5.74, 6) is 0.268. The molecule has 0 aliphatic rings. The maximum absolute atomic E-state index is 12.4. The van der Waals surface area contributed by atoms with Crippen LogP contribution >= 0.6 is 0 Å². The first kappa shape index (κ1) is 14.8. The lowest BCUT2D eigenvalue weighted by molar-refractivity contribution is -0.137. The van der Waals surface area contributed by atoms with Gasteiger partial charge in [0, 0.05) is 17.8 Å². The van der Waals surface area contributed by atoms with E-state index in [1.54, 1.807) is 0 Å². The van der Waals surface area contributed by atoms with Crippen LogP contribution in [0.25, 0.3) is 0 Å². The van der Waals surface area contributed by atoms with Gasteiger partial charge in [0.05, 0.1) is 5.56 Å². The van der Waals surface area contributed by atoms with Crippen LogP contribution in [0.4, 0.5) is 18.9 Å². The van der Waals surface area contributed by atoms with Gasteiger partial charge in [-0.1, -0.05) is 13.8 Å². The molecule has 0 saturated carbocycles. The van der Waals surface area contributed by atoms with E-state index >= 15 is 0 Å². The normalized spacial score (nSPS) is 15.6. The van der Waals surface area contributed by atoms with E-state index < -0.39 is 11.7 Å². The van der Waals surface area contributed by atoms with Crippen LogP contribution in [-0.4, -0.2) is 12.1 Å². The number of anilines is 1. The predicted molar refractivity (Wildman–Crippen MR) is 67.4 cm³/mol. The second-order valence-corrected chi connectivity index (χ2v) is 4.98. The van der Waals surface area contributed by atoms with Crippen LogP contribution in [0.15, 0.2) is 24.3 Å². The van der Waals surface area contributed by atoms with Crippen LogP contribution in [0.3, 0.4) is 0 Å². The van der Waals surface area contributed by atoms with Crippen molar-refractivity contribution in [3.63, 3.8) is 0 Å². The molecule has 1 aromatic rings. The van der Waals surface area contributed by atoms with Gasteiger partial charge in [0.15, 0.2) is 0 Å². The topological polar surface area (TPSA) is 38.0 Å². The Balaban J connectivity index is 2.87. The summed E-state index contributed by atoms with van der Waals surface area (Å²) in [6.45, 7) is 6.40. The van der Waals surface area contributed by atoms with Gasteiger partial charge in [-0.05, 0) is 37.1 Å². The van der Waals surface area contributed by atoms with Crippen molar-refractivity contribution < 1.29 is 13.2 Å². The molecule has 0 bridgehead atoms. The molecule has 0 saturated heterocycles. The van der Waals surface area contributed by atoms with Crippen LogP contribution in [0.2, 0.25) is 0 Å². The summed E-state index contributed by atoms with van der Waals surface area (Å²) < 4.78 is 37.2. The molecule has 5 heteroatoms. The highest BCUT2D eigenvalue weighted by Crippen LogP contribution is 2.30. The van der Waals surface area contributed by atoms with Gasteiger partial charge in [-0.2, -0.15) is 13.2 Å². The van der Waals surface area contributed by atoms with Crippen LogP contribution in [0, 0.1) is 5.92 Å². The van der Waals surface area contributed by atoms with E-state index in [-0.39, 0.29) is 11.5 Å². The van der Waals surface area contributed by atoms with Gasteiger partial charge >= 0.3 is 6.18 Å². The molecule has 3 N–H and O–H groups in total. The fraction of sp³-hybridized carbons (Fsp3) is 0.538. The van der Waals surface area contributed by atoms with Gasteiger partial charge < -0.3 is 11.1 Å². The Morgan fingerprint density at radius 3 is 2.00 bits per heavy atom. The van der Waals surface area contributed by atoms with Crippen LogP contribution in [0.5, 0.6) is 0 Å². The second kappa shape index (κ2) is 5.18. The highest BCUT2D eigenvalue weighted by Gasteiger charge is 2.30. The minimum atomic E-state index is -4.30. The predicted octanol–water partition coefficient (Wildman–Crippen LogP) is 3.49. The fourth-order valence-corrected chi connectivity index (χ4v) is 1.50. The second-order valence-electron chi connectivity index (χ2n) is 4.98. The first-order valence-electron chi connectivity index (χ1n) is 5.84. The fourth-order valence-electron chi connectivity index (χ4n) is 1.50. The summed E-state index contributed by atoms with van der Waals surface area (Å²) in [6, 6.07) is 5.00. The molecular weight excluding hydrogens is 241 g/mol. The number of halogens is 3.